The summed E-state index contributed by atoms with van der Waals surface area (Å²) < 4.78 is 6.46. The first-order valence-electron chi connectivity index (χ1n) is 22.6. The lowest BCUT2D eigenvalue weighted by Crippen LogP contribution is -2.55. The Bertz CT molecular complexity index is 3180. The van der Waals surface area contributed by atoms with Gasteiger partial charge in [-0.2, -0.15) is 0 Å². The second kappa shape index (κ2) is 13.1. The number of ether oxygens (including phenoxy) is 1. The topological polar surface area (TPSA) is 51.1 Å². The summed E-state index contributed by atoms with van der Waals surface area (Å²) in [6, 6.07) is 53.2. The number of nitrogens with zero attached hydrogens (tertiary/aromatic N) is 4. The molecule has 2 atom stereocenters. The maximum atomic E-state index is 6.46. The number of hydrogen-bond acceptors (Lipinski definition) is 5. The number of benzene rings is 7. The van der Waals surface area contributed by atoms with Gasteiger partial charge in [-0.05, 0) is 160 Å². The molecule has 7 aliphatic rings. The smallest absolute Gasteiger partial charge is 0.165 e. The molecule has 1 aliphatic heterocycles. The van der Waals surface area contributed by atoms with E-state index in [1.807, 2.05) is 6.07 Å². The average molecular weight is 801 g/mol. The first-order chi connectivity index (χ1) is 30.7. The second-order valence-corrected chi connectivity index (χ2v) is 18.7. The first-order valence-corrected chi connectivity index (χ1v) is 22.6. The van der Waals surface area contributed by atoms with E-state index in [0.29, 0.717) is 23.5 Å². The highest BCUT2D eigenvalue weighted by Gasteiger charge is 2.62. The van der Waals surface area contributed by atoms with Gasteiger partial charge >= 0.3 is 0 Å². The lowest BCUT2D eigenvalue weighted by Gasteiger charge is -2.61. The molecule has 4 fully saturated rings. The highest BCUT2D eigenvalue weighted by molar-refractivity contribution is 6.06. The van der Waals surface area contributed by atoms with Crippen molar-refractivity contribution in [3.05, 3.63) is 181 Å². The molecule has 7 aromatic carbocycles. The minimum absolute atomic E-state index is 0.0434. The van der Waals surface area contributed by atoms with E-state index >= 15 is 0 Å². The van der Waals surface area contributed by atoms with E-state index in [0.717, 1.165) is 45.9 Å². The van der Waals surface area contributed by atoms with Crippen molar-refractivity contribution in [2.45, 2.75) is 49.7 Å². The molecule has 1 aromatic heterocycles. The lowest BCUT2D eigenvalue weighted by molar-refractivity contribution is -0.0396. The van der Waals surface area contributed by atoms with Crippen molar-refractivity contribution in [2.24, 2.45) is 23.7 Å². The fourth-order valence-corrected chi connectivity index (χ4v) is 13.3. The summed E-state index contributed by atoms with van der Waals surface area (Å²) in [6.45, 7) is 0. The Morgan fingerprint density at radius 2 is 1.15 bits per heavy atom. The van der Waals surface area contributed by atoms with Gasteiger partial charge in [0.25, 0.3) is 0 Å². The van der Waals surface area contributed by atoms with Crippen LogP contribution >= 0.6 is 0 Å². The number of allylic oxidation sites excluding steroid dienone is 2. The Labute approximate surface area is 361 Å². The molecule has 0 saturated heterocycles. The number of para-hydroxylation sites is 2. The van der Waals surface area contributed by atoms with Crippen molar-refractivity contribution in [2.75, 3.05) is 4.90 Å². The van der Waals surface area contributed by atoms with Crippen LogP contribution in [0.1, 0.15) is 43.2 Å². The summed E-state index contributed by atoms with van der Waals surface area (Å²) in [6.07, 6.45) is 15.1. The van der Waals surface area contributed by atoms with Crippen LogP contribution in [0, 0.1) is 23.7 Å². The molecule has 5 nitrogen and oxygen atoms in total. The van der Waals surface area contributed by atoms with Gasteiger partial charge in [0.1, 0.15) is 11.9 Å². The van der Waals surface area contributed by atoms with Gasteiger partial charge in [-0.25, -0.2) is 15.0 Å². The normalized spacial score (nSPS) is 25.8. The van der Waals surface area contributed by atoms with Crippen LogP contribution in [0.3, 0.4) is 0 Å². The second-order valence-electron chi connectivity index (χ2n) is 18.7. The molecule has 0 radical (unpaired) electrons. The van der Waals surface area contributed by atoms with E-state index in [9.17, 15) is 0 Å². The van der Waals surface area contributed by atoms with Gasteiger partial charge in [0.15, 0.2) is 17.5 Å². The number of hydrogen-bond donors (Lipinski definition) is 0. The SMILES string of the molecule is C1=CC2Oc3ccccc3N(c3ccc(-c4nc(-c5ccccc5)nc(-c5c6c(cc7ccccc57)-c5cc7ccccc7cc5C65C6CC7CC(C6)CC5C7)n4)cc3)C2C=C1. The predicted molar refractivity (Wildman–Crippen MR) is 249 cm³/mol. The molecule has 4 saturated carbocycles. The van der Waals surface area contributed by atoms with Crippen molar-refractivity contribution in [3.8, 4) is 51.0 Å². The van der Waals surface area contributed by atoms with Gasteiger partial charge < -0.3 is 9.64 Å². The summed E-state index contributed by atoms with van der Waals surface area (Å²) in [4.78, 5) is 18.8. The molecule has 0 amide bonds. The van der Waals surface area contributed by atoms with E-state index < -0.39 is 0 Å². The van der Waals surface area contributed by atoms with E-state index in [2.05, 4.69) is 169 Å². The molecule has 62 heavy (non-hydrogen) atoms. The standard InChI is InChI=1S/C57H44N4O/c1-2-12-36(13-3-1)54-58-55(37-22-24-43(25-23-37)61-48-18-8-10-20-50(48)62-51-21-11-9-19-49(51)61)60-56(59-54)52-44-17-7-6-16-40(44)32-46-45-31-38-14-4-5-15-39(38)33-47(45)57(53(46)52)41-27-34-26-35(29-41)30-42(57)28-34/h1-25,31-35,41-42,48,50H,26-30H2. The fraction of sp³-hybridized carbons (Fsp3) is 0.211. The molecule has 1 spiro atoms. The van der Waals surface area contributed by atoms with Crippen LogP contribution in [0.25, 0.3) is 66.8 Å². The molecule has 5 heteroatoms. The Hall–Kier alpha value is -6.85. The maximum Gasteiger partial charge on any atom is 0.165 e. The predicted octanol–water partition coefficient (Wildman–Crippen LogP) is 13.3. The minimum atomic E-state index is -0.0993. The van der Waals surface area contributed by atoms with Crippen LogP contribution in [0.4, 0.5) is 11.4 Å². The van der Waals surface area contributed by atoms with Crippen LogP contribution in [0.5, 0.6) is 5.75 Å². The van der Waals surface area contributed by atoms with Gasteiger partial charge in [0.2, 0.25) is 0 Å². The summed E-state index contributed by atoms with van der Waals surface area (Å²) in [5, 5.41) is 5.09. The summed E-state index contributed by atoms with van der Waals surface area (Å²) >= 11 is 0. The highest BCUT2D eigenvalue weighted by Crippen LogP contribution is 2.71. The van der Waals surface area contributed by atoms with E-state index in [1.54, 1.807) is 5.56 Å². The van der Waals surface area contributed by atoms with Crippen LogP contribution < -0.4 is 9.64 Å². The number of aromatic nitrogens is 3. The van der Waals surface area contributed by atoms with Crippen LogP contribution in [0.15, 0.2) is 170 Å². The molecule has 298 valence electrons. The number of fused-ring (bicyclic) bond motifs is 7. The Morgan fingerprint density at radius 3 is 1.92 bits per heavy atom. The Kier molecular flexibility index (Phi) is 7.34. The molecule has 6 aliphatic carbocycles. The third kappa shape index (κ3) is 4.93. The zero-order chi connectivity index (χ0) is 40.5. The van der Waals surface area contributed by atoms with E-state index in [1.165, 1.54) is 75.9 Å². The largest absolute Gasteiger partial charge is 0.482 e. The van der Waals surface area contributed by atoms with Gasteiger partial charge in [-0.3, -0.25) is 0 Å². The Balaban J connectivity index is 1.000. The molecule has 0 N–H and O–H groups in total. The summed E-state index contributed by atoms with van der Waals surface area (Å²) in [5.74, 6) is 5.87. The molecular weight excluding hydrogens is 757 g/mol. The molecule has 15 rings (SSSR count). The third-order valence-electron chi connectivity index (χ3n) is 15.5. The zero-order valence-corrected chi connectivity index (χ0v) is 34.4. The molecule has 2 heterocycles. The van der Waals surface area contributed by atoms with Crippen LogP contribution in [0.2, 0.25) is 0 Å². The first kappa shape index (κ1) is 34.8. The van der Waals surface area contributed by atoms with Crippen molar-refractivity contribution < 1.29 is 4.74 Å². The number of rotatable bonds is 4. The van der Waals surface area contributed by atoms with Gasteiger partial charge in [0.05, 0.1) is 11.7 Å². The quantitative estimate of drug-likeness (QED) is 0.177. The van der Waals surface area contributed by atoms with E-state index in [-0.39, 0.29) is 17.6 Å². The Morgan fingerprint density at radius 1 is 0.532 bits per heavy atom. The third-order valence-corrected chi connectivity index (χ3v) is 15.5. The highest BCUT2D eigenvalue weighted by atomic mass is 16.5. The molecule has 2 unspecified atom stereocenters. The molecule has 4 bridgehead atoms. The molecule has 8 aromatic rings. The van der Waals surface area contributed by atoms with Gasteiger partial charge in [-0.1, -0.05) is 109 Å². The van der Waals surface area contributed by atoms with E-state index in [4.69, 9.17) is 19.7 Å². The average Bonchev–Trinajstić information content (AvgIpc) is 3.59. The fourth-order valence-electron chi connectivity index (χ4n) is 13.3. The minimum Gasteiger partial charge on any atom is -0.482 e. The monoisotopic (exact) mass is 800 g/mol. The maximum absolute atomic E-state index is 6.46. The van der Waals surface area contributed by atoms with Crippen molar-refractivity contribution in [3.63, 3.8) is 0 Å². The lowest BCUT2D eigenvalue weighted by atomic mass is 9.42. The molecular formula is C57H44N4O. The van der Waals surface area contributed by atoms with Crippen molar-refractivity contribution in [1.29, 1.82) is 0 Å². The summed E-state index contributed by atoms with van der Waals surface area (Å²) in [5.41, 5.74) is 11.0. The number of anilines is 2. The van der Waals surface area contributed by atoms with Gasteiger partial charge in [0, 0.05) is 27.8 Å². The zero-order valence-electron chi connectivity index (χ0n) is 34.4. The summed E-state index contributed by atoms with van der Waals surface area (Å²) in [7, 11) is 0. The van der Waals surface area contributed by atoms with Crippen molar-refractivity contribution >= 4 is 32.9 Å². The van der Waals surface area contributed by atoms with Crippen LogP contribution in [-0.2, 0) is 5.41 Å². The van der Waals surface area contributed by atoms with Crippen molar-refractivity contribution in [1.82, 2.24) is 15.0 Å². The van der Waals surface area contributed by atoms with Crippen LogP contribution in [-0.4, -0.2) is 27.1 Å². The van der Waals surface area contributed by atoms with Gasteiger partial charge in [-0.15, -0.1) is 0 Å².